The number of H-pyrrole nitrogens is 1. The van der Waals surface area contributed by atoms with Gasteiger partial charge in [-0.25, -0.2) is 4.79 Å². The number of aromatic nitrogens is 4. The molecule has 0 unspecified atom stereocenters. The molecule has 214 valence electrons. The van der Waals surface area contributed by atoms with E-state index in [9.17, 15) is 14.4 Å². The molecule has 42 heavy (non-hydrogen) atoms. The van der Waals surface area contributed by atoms with Crippen molar-refractivity contribution in [1.82, 2.24) is 30.6 Å². The summed E-state index contributed by atoms with van der Waals surface area (Å²) < 4.78 is 5.92. The molecule has 2 aromatic heterocycles. The molecule has 0 saturated heterocycles. The summed E-state index contributed by atoms with van der Waals surface area (Å²) in [4.78, 5) is 43.3. The van der Waals surface area contributed by atoms with Gasteiger partial charge in [0.05, 0.1) is 13.3 Å². The van der Waals surface area contributed by atoms with E-state index < -0.39 is 24.0 Å². The highest BCUT2D eigenvalue weighted by molar-refractivity contribution is 9.10. The lowest BCUT2D eigenvalue weighted by molar-refractivity contribution is -0.145. The first-order valence-corrected chi connectivity index (χ1v) is 14.1. The SMILES string of the molecule is COC(=O)[C@H](Cc1ccccc1)NC(=O)[C@H](Cc1c(-n2ncc(-c3ccc(Br)cc3)n2)[nH]c2ccccc12)NC(C)=O. The van der Waals surface area contributed by atoms with E-state index in [4.69, 9.17) is 4.74 Å². The van der Waals surface area contributed by atoms with Gasteiger partial charge in [0.2, 0.25) is 11.8 Å². The van der Waals surface area contributed by atoms with Gasteiger partial charge in [-0.2, -0.15) is 5.10 Å². The summed E-state index contributed by atoms with van der Waals surface area (Å²) in [5.74, 6) is -0.917. The fourth-order valence-electron chi connectivity index (χ4n) is 4.80. The zero-order chi connectivity index (χ0) is 29.6. The van der Waals surface area contributed by atoms with Crippen LogP contribution in [-0.2, 0) is 32.0 Å². The fourth-order valence-corrected chi connectivity index (χ4v) is 5.07. The third-order valence-electron chi connectivity index (χ3n) is 6.81. The predicted molar refractivity (Wildman–Crippen MR) is 162 cm³/mol. The average molecular weight is 630 g/mol. The number of nitrogens with zero attached hydrogens (tertiary/aromatic N) is 3. The van der Waals surface area contributed by atoms with E-state index in [1.807, 2.05) is 78.9 Å². The van der Waals surface area contributed by atoms with E-state index in [-0.39, 0.29) is 18.7 Å². The number of rotatable bonds is 10. The van der Waals surface area contributed by atoms with Crippen molar-refractivity contribution in [1.29, 1.82) is 0 Å². The molecule has 5 aromatic rings. The van der Waals surface area contributed by atoms with Crippen LogP contribution in [0.3, 0.4) is 0 Å². The molecule has 3 aromatic carbocycles. The van der Waals surface area contributed by atoms with E-state index in [2.05, 4.69) is 41.7 Å². The van der Waals surface area contributed by atoms with Gasteiger partial charge < -0.3 is 20.4 Å². The molecule has 11 heteroatoms. The zero-order valence-corrected chi connectivity index (χ0v) is 24.6. The largest absolute Gasteiger partial charge is 0.467 e. The van der Waals surface area contributed by atoms with Crippen molar-refractivity contribution >= 4 is 44.6 Å². The van der Waals surface area contributed by atoms with Crippen molar-refractivity contribution in [3.63, 3.8) is 0 Å². The van der Waals surface area contributed by atoms with Crippen molar-refractivity contribution < 1.29 is 19.1 Å². The minimum atomic E-state index is -0.995. The van der Waals surface area contributed by atoms with E-state index in [1.165, 1.54) is 18.8 Å². The van der Waals surface area contributed by atoms with E-state index in [0.29, 0.717) is 11.5 Å². The number of amides is 2. The average Bonchev–Trinajstić information content (AvgIpc) is 3.62. The van der Waals surface area contributed by atoms with Crippen molar-refractivity contribution in [3.05, 3.63) is 101 Å². The molecule has 0 aliphatic heterocycles. The van der Waals surface area contributed by atoms with E-state index >= 15 is 0 Å². The second kappa shape index (κ2) is 12.8. The van der Waals surface area contributed by atoms with Gasteiger partial charge in [-0.3, -0.25) is 9.59 Å². The summed E-state index contributed by atoms with van der Waals surface area (Å²) in [6, 6.07) is 22.8. The topological polar surface area (TPSA) is 131 Å². The number of benzene rings is 3. The van der Waals surface area contributed by atoms with Gasteiger partial charge in [0.1, 0.15) is 17.8 Å². The molecule has 0 bridgehead atoms. The maximum Gasteiger partial charge on any atom is 0.328 e. The zero-order valence-electron chi connectivity index (χ0n) is 23.0. The van der Waals surface area contributed by atoms with Crippen LogP contribution in [0.1, 0.15) is 18.1 Å². The first-order valence-electron chi connectivity index (χ1n) is 13.3. The molecular formula is C31H29BrN6O4. The Morgan fingerprint density at radius 1 is 0.929 bits per heavy atom. The Kier molecular flexibility index (Phi) is 8.77. The third-order valence-corrected chi connectivity index (χ3v) is 7.34. The molecule has 0 saturated carbocycles. The molecular weight excluding hydrogens is 600 g/mol. The smallest absolute Gasteiger partial charge is 0.328 e. The van der Waals surface area contributed by atoms with Crippen molar-refractivity contribution in [3.8, 4) is 17.1 Å². The van der Waals surface area contributed by atoms with Crippen LogP contribution in [0.2, 0.25) is 0 Å². The lowest BCUT2D eigenvalue weighted by Gasteiger charge is -2.22. The van der Waals surface area contributed by atoms with Gasteiger partial charge in [-0.1, -0.05) is 76.6 Å². The van der Waals surface area contributed by atoms with Crippen molar-refractivity contribution in [2.75, 3.05) is 7.11 Å². The van der Waals surface area contributed by atoms with Crippen LogP contribution in [0, 0.1) is 0 Å². The van der Waals surface area contributed by atoms with Gasteiger partial charge in [-0.05, 0) is 23.8 Å². The second-order valence-corrected chi connectivity index (χ2v) is 10.7. The highest BCUT2D eigenvalue weighted by atomic mass is 79.9. The Morgan fingerprint density at radius 3 is 2.36 bits per heavy atom. The van der Waals surface area contributed by atoms with E-state index in [1.54, 1.807) is 6.20 Å². The Balaban J connectivity index is 1.47. The lowest BCUT2D eigenvalue weighted by atomic mass is 10.0. The van der Waals surface area contributed by atoms with Gasteiger partial charge in [0, 0.05) is 46.3 Å². The van der Waals surface area contributed by atoms with Crippen LogP contribution in [0.5, 0.6) is 0 Å². The molecule has 0 aliphatic carbocycles. The molecule has 2 amide bonds. The first kappa shape index (κ1) is 28.7. The molecule has 5 rings (SSSR count). The third kappa shape index (κ3) is 6.58. The Morgan fingerprint density at radius 2 is 1.64 bits per heavy atom. The van der Waals surface area contributed by atoms with Gasteiger partial charge >= 0.3 is 5.97 Å². The molecule has 2 atom stereocenters. The summed E-state index contributed by atoms with van der Waals surface area (Å²) in [6.45, 7) is 1.34. The number of esters is 1. The maximum atomic E-state index is 13.6. The Hall–Kier alpha value is -4.77. The molecule has 10 nitrogen and oxygen atoms in total. The van der Waals surface area contributed by atoms with Gasteiger partial charge in [0.15, 0.2) is 5.82 Å². The van der Waals surface area contributed by atoms with Crippen LogP contribution in [-0.4, -0.2) is 57.0 Å². The number of carbonyl (C=O) groups is 3. The highest BCUT2D eigenvalue weighted by Crippen LogP contribution is 2.27. The first-order chi connectivity index (χ1) is 20.3. The normalized spacial score (nSPS) is 12.5. The maximum absolute atomic E-state index is 13.6. The quantitative estimate of drug-likeness (QED) is 0.199. The number of fused-ring (bicyclic) bond motifs is 1. The molecule has 2 heterocycles. The fraction of sp³-hybridized carbons (Fsp3) is 0.194. The summed E-state index contributed by atoms with van der Waals surface area (Å²) in [5, 5.41) is 15.6. The lowest BCUT2D eigenvalue weighted by Crippen LogP contribution is -2.53. The van der Waals surface area contributed by atoms with Crippen LogP contribution in [0.4, 0.5) is 0 Å². The van der Waals surface area contributed by atoms with Crippen molar-refractivity contribution in [2.24, 2.45) is 0 Å². The minimum absolute atomic E-state index is 0.110. The van der Waals surface area contributed by atoms with Crippen LogP contribution < -0.4 is 10.6 Å². The molecule has 0 fully saturated rings. The summed E-state index contributed by atoms with van der Waals surface area (Å²) in [7, 11) is 1.27. The number of ether oxygens (including phenoxy) is 1. The van der Waals surface area contributed by atoms with Crippen LogP contribution in [0.15, 0.2) is 89.5 Å². The number of nitrogens with one attached hydrogen (secondary N) is 3. The molecule has 0 radical (unpaired) electrons. The number of methoxy groups -OCH3 is 1. The predicted octanol–water partition coefficient (Wildman–Crippen LogP) is 4.13. The standard InChI is InChI=1S/C31H29BrN6O4/c1-19(39)34-26(30(40)36-27(31(41)42-2)16-20-8-4-3-5-9-20)17-24-23-10-6-7-11-25(23)35-29(24)38-33-18-28(37-38)21-12-14-22(32)15-13-21/h3-15,18,26-27,35H,16-17H2,1-2H3,(H,34,39)(H,36,40)/t26-,27-/m0/s1. The number of carbonyl (C=O) groups excluding carboxylic acids is 3. The highest BCUT2D eigenvalue weighted by Gasteiger charge is 2.29. The number of halogens is 1. The van der Waals surface area contributed by atoms with Gasteiger partial charge in [-0.15, -0.1) is 9.90 Å². The summed E-state index contributed by atoms with van der Waals surface area (Å²) in [6.07, 6.45) is 2.01. The van der Waals surface area contributed by atoms with Crippen LogP contribution >= 0.6 is 15.9 Å². The number of hydrogen-bond acceptors (Lipinski definition) is 6. The second-order valence-electron chi connectivity index (χ2n) is 9.76. The Bertz CT molecular complexity index is 1710. The number of aromatic amines is 1. The summed E-state index contributed by atoms with van der Waals surface area (Å²) in [5.41, 5.74) is 3.98. The van der Waals surface area contributed by atoms with E-state index in [0.717, 1.165) is 32.1 Å². The minimum Gasteiger partial charge on any atom is -0.467 e. The van der Waals surface area contributed by atoms with Crippen molar-refractivity contribution in [2.45, 2.75) is 31.8 Å². The molecule has 0 spiro atoms. The number of hydrogen-bond donors (Lipinski definition) is 3. The van der Waals surface area contributed by atoms with Crippen LogP contribution in [0.25, 0.3) is 28.0 Å². The Labute approximate surface area is 250 Å². The monoisotopic (exact) mass is 628 g/mol. The molecule has 0 aliphatic rings. The number of para-hydroxylation sites is 1. The molecule has 3 N–H and O–H groups in total. The van der Waals surface area contributed by atoms with Gasteiger partial charge in [0.25, 0.3) is 0 Å². The summed E-state index contributed by atoms with van der Waals surface area (Å²) >= 11 is 3.45.